The molecule has 48 valence electrons. The van der Waals surface area contributed by atoms with Gasteiger partial charge < -0.3 is 20.1 Å². The van der Waals surface area contributed by atoms with Gasteiger partial charge in [0.05, 0.1) is 0 Å². The monoisotopic (exact) mass is 246 g/mol. The number of hydrogen-bond acceptors (Lipinski definition) is 4. The van der Waals surface area contributed by atoms with Gasteiger partial charge in [0.2, 0.25) is 0 Å². The summed E-state index contributed by atoms with van der Waals surface area (Å²) in [7, 11) is 0. The van der Waals surface area contributed by atoms with Crippen LogP contribution in [0.2, 0.25) is 0 Å². The van der Waals surface area contributed by atoms with E-state index in [0.29, 0.717) is 0 Å². The van der Waals surface area contributed by atoms with Gasteiger partial charge >= 0.3 is 0 Å². The van der Waals surface area contributed by atoms with Gasteiger partial charge in [-0.3, -0.25) is 0 Å². The standard InChI is InChI=1S/C2H6O.CH2O3.Ce/c1-2-3;2-1(3)4;/h3H,2H2,1H3;(H2,2,3,4);/p-2. The SMILES string of the molecule is CCO.O=C([O-])[O-].[Ce]. The van der Waals surface area contributed by atoms with Crippen LogP contribution < -0.4 is 10.2 Å². The third-order valence-corrected chi connectivity index (χ3v) is 0. The van der Waals surface area contributed by atoms with E-state index in [9.17, 15) is 0 Å². The van der Waals surface area contributed by atoms with E-state index >= 15 is 0 Å². The minimum atomic E-state index is -2.33. The Morgan fingerprint density at radius 1 is 1.62 bits per heavy atom. The van der Waals surface area contributed by atoms with Crippen molar-refractivity contribution in [2.75, 3.05) is 6.61 Å². The van der Waals surface area contributed by atoms with E-state index in [1.165, 1.54) is 0 Å². The second-order valence-corrected chi connectivity index (χ2v) is 0.566. The zero-order chi connectivity index (χ0) is 6.28. The summed E-state index contributed by atoms with van der Waals surface area (Å²) in [6.07, 6.45) is -2.33. The minimum Gasteiger partial charge on any atom is -0.652 e. The summed E-state index contributed by atoms with van der Waals surface area (Å²) >= 11 is 0. The van der Waals surface area contributed by atoms with Crippen LogP contribution >= 0.6 is 0 Å². The smallest absolute Gasteiger partial charge is 0.0402 e. The first-order valence-corrected chi connectivity index (χ1v) is 1.64. The molecule has 5 heteroatoms. The summed E-state index contributed by atoms with van der Waals surface area (Å²) in [6.45, 7) is 1.93. The number of carboxylic acid groups (broad SMARTS) is 2. The molecule has 0 heterocycles. The maximum atomic E-state index is 8.33. The quantitative estimate of drug-likeness (QED) is 0.514. The fourth-order valence-corrected chi connectivity index (χ4v) is 0. The van der Waals surface area contributed by atoms with Crippen LogP contribution in [0.25, 0.3) is 0 Å². The molecule has 0 aromatic carbocycles. The van der Waals surface area contributed by atoms with Gasteiger partial charge in [0, 0.05) is 48.4 Å². The number of carbonyl (C=O) groups is 1. The molecule has 0 atom stereocenters. The van der Waals surface area contributed by atoms with Crippen molar-refractivity contribution in [2.45, 2.75) is 6.92 Å². The van der Waals surface area contributed by atoms with Crippen molar-refractivity contribution in [3.63, 3.8) is 0 Å². The van der Waals surface area contributed by atoms with Crippen LogP contribution in [0.3, 0.4) is 0 Å². The maximum absolute atomic E-state index is 8.33. The first kappa shape index (κ1) is 15.8. The van der Waals surface area contributed by atoms with E-state index in [2.05, 4.69) is 0 Å². The van der Waals surface area contributed by atoms with Crippen LogP contribution in [0.1, 0.15) is 6.92 Å². The van der Waals surface area contributed by atoms with Gasteiger partial charge in [-0.05, 0) is 13.1 Å². The van der Waals surface area contributed by atoms with E-state index in [1.54, 1.807) is 6.92 Å². The molecule has 0 aliphatic carbocycles. The molecule has 0 radical (unpaired) electrons. The van der Waals surface area contributed by atoms with Crippen molar-refractivity contribution in [3.8, 4) is 0 Å². The Balaban J connectivity index is -0.0000000575. The van der Waals surface area contributed by atoms with E-state index < -0.39 is 6.16 Å². The molecule has 0 bridgehead atoms. The van der Waals surface area contributed by atoms with Crippen LogP contribution in [0.15, 0.2) is 0 Å². The summed E-state index contributed by atoms with van der Waals surface area (Å²) in [5.74, 6) is 0. The predicted molar refractivity (Wildman–Crippen MR) is 18.2 cm³/mol. The molecule has 1 N–H and O–H groups in total. The number of aliphatic hydroxyl groups is 1. The Bertz CT molecular complexity index is 42.5. The van der Waals surface area contributed by atoms with Crippen molar-refractivity contribution in [3.05, 3.63) is 0 Å². The van der Waals surface area contributed by atoms with Crippen molar-refractivity contribution < 1.29 is 61.9 Å². The van der Waals surface area contributed by atoms with Crippen LogP contribution in [0.5, 0.6) is 0 Å². The van der Waals surface area contributed by atoms with E-state index in [0.717, 1.165) is 0 Å². The normalized spacial score (nSPS) is 5.25. The van der Waals surface area contributed by atoms with Gasteiger partial charge in [-0.25, -0.2) is 0 Å². The van der Waals surface area contributed by atoms with Gasteiger partial charge in [-0.2, -0.15) is 0 Å². The van der Waals surface area contributed by atoms with E-state index in [1.807, 2.05) is 0 Å². The average molecular weight is 246 g/mol. The summed E-state index contributed by atoms with van der Waals surface area (Å²) in [4.78, 5) is 8.33. The number of carbonyl (C=O) groups excluding carboxylic acids is 1. The summed E-state index contributed by atoms with van der Waals surface area (Å²) in [6, 6.07) is 0. The molecule has 0 unspecified atom stereocenters. The number of aliphatic hydroxyl groups excluding tert-OH is 1. The Hall–Kier alpha value is 0.607. The Kier molecular flexibility index (Phi) is 31.0. The molecule has 8 heavy (non-hydrogen) atoms. The summed E-state index contributed by atoms with van der Waals surface area (Å²) in [5, 5.41) is 24.2. The third-order valence-electron chi connectivity index (χ3n) is 0. The van der Waals surface area contributed by atoms with Crippen LogP contribution in [-0.4, -0.2) is 17.9 Å². The van der Waals surface area contributed by atoms with Crippen molar-refractivity contribution >= 4 is 6.16 Å². The second-order valence-electron chi connectivity index (χ2n) is 0.566. The second kappa shape index (κ2) is 15.6. The van der Waals surface area contributed by atoms with Gasteiger partial charge in [0.25, 0.3) is 0 Å². The molecule has 4 nitrogen and oxygen atoms in total. The molecule has 0 amide bonds. The van der Waals surface area contributed by atoms with Crippen LogP contribution in [-0.2, 0) is 0 Å². The van der Waals surface area contributed by atoms with Gasteiger partial charge in [-0.1, -0.05) is 0 Å². The predicted octanol–water partition coefficient (Wildman–Crippen LogP) is -2.45. The number of hydrogen-bond donors (Lipinski definition) is 1. The van der Waals surface area contributed by atoms with Crippen LogP contribution in [0.4, 0.5) is 4.79 Å². The molecular weight excluding hydrogens is 240 g/mol. The van der Waals surface area contributed by atoms with Crippen LogP contribution in [0, 0.1) is 41.7 Å². The van der Waals surface area contributed by atoms with Crippen molar-refractivity contribution in [1.82, 2.24) is 0 Å². The fraction of sp³-hybridized carbons (Fsp3) is 0.667. The molecule has 0 saturated heterocycles. The molecule has 0 fully saturated rings. The molecule has 0 aliphatic rings. The maximum Gasteiger partial charge on any atom is 0.0402 e. The van der Waals surface area contributed by atoms with E-state index in [-0.39, 0.29) is 48.4 Å². The topological polar surface area (TPSA) is 83.4 Å². The van der Waals surface area contributed by atoms with Gasteiger partial charge in [0.1, 0.15) is 0 Å². The zero-order valence-corrected chi connectivity index (χ0v) is 7.52. The molecule has 0 aliphatic heterocycles. The molecule has 0 spiro atoms. The molecule has 0 aromatic heterocycles. The van der Waals surface area contributed by atoms with E-state index in [4.69, 9.17) is 20.1 Å². The summed E-state index contributed by atoms with van der Waals surface area (Å²) < 4.78 is 0. The number of rotatable bonds is 0. The largest absolute Gasteiger partial charge is 0.652 e. The first-order chi connectivity index (χ1) is 3.15. The Morgan fingerprint density at radius 3 is 1.62 bits per heavy atom. The third kappa shape index (κ3) is 564. The van der Waals surface area contributed by atoms with Crippen molar-refractivity contribution in [2.24, 2.45) is 0 Å². The minimum absolute atomic E-state index is 0. The van der Waals surface area contributed by atoms with Gasteiger partial charge in [0.15, 0.2) is 0 Å². The molecule has 0 rings (SSSR count). The van der Waals surface area contributed by atoms with Gasteiger partial charge in [-0.15, -0.1) is 0 Å². The zero-order valence-electron chi connectivity index (χ0n) is 4.38. The molecular formula is C3H6CeO4-2. The molecule has 0 saturated carbocycles. The fourth-order valence-electron chi connectivity index (χ4n) is 0. The Labute approximate surface area is 80.9 Å². The first-order valence-electron chi connectivity index (χ1n) is 1.64. The van der Waals surface area contributed by atoms with Crippen molar-refractivity contribution in [1.29, 1.82) is 0 Å². The Morgan fingerprint density at radius 2 is 1.62 bits per heavy atom. The summed E-state index contributed by atoms with van der Waals surface area (Å²) in [5.41, 5.74) is 0. The average Bonchev–Trinajstić information content (AvgIpc) is 1.33. The molecule has 0 aromatic rings.